The van der Waals surface area contributed by atoms with Crippen molar-refractivity contribution in [2.24, 2.45) is 0 Å². The predicted molar refractivity (Wildman–Crippen MR) is 141 cm³/mol. The minimum absolute atomic E-state index is 0.0394. The largest absolute Gasteiger partial charge is 0.490 e. The van der Waals surface area contributed by atoms with Crippen molar-refractivity contribution in [3.63, 3.8) is 0 Å². The maximum absolute atomic E-state index is 12.8. The molecule has 8 N–H and O–H groups in total. The molecule has 7 atom stereocenters. The molecule has 25 heteroatoms. The fourth-order valence-electron chi connectivity index (χ4n) is 4.09. The molecular weight excluding hydrogens is 669 g/mol. The van der Waals surface area contributed by atoms with E-state index >= 15 is 0 Å². The number of fused-ring (bicyclic) bond motifs is 2. The molecule has 0 radical (unpaired) electrons. The molecule has 2 aliphatic heterocycles. The van der Waals surface area contributed by atoms with E-state index in [1.807, 2.05) is 17.5 Å². The molecule has 2 saturated heterocycles. The lowest BCUT2D eigenvalue weighted by molar-refractivity contribution is -0.171. The smallest absolute Gasteiger partial charge is 0.369 e. The molecule has 2 fully saturated rings. The monoisotopic (exact) mass is 690 g/mol. The van der Waals surface area contributed by atoms with Crippen LogP contribution in [0.1, 0.15) is 11.1 Å². The van der Waals surface area contributed by atoms with Gasteiger partial charge in [0.2, 0.25) is 12.2 Å². The Hall–Kier alpha value is -1.97. The molecule has 5 heterocycles. The van der Waals surface area contributed by atoms with Crippen molar-refractivity contribution in [1.29, 1.82) is 0 Å². The zero-order chi connectivity index (χ0) is 30.4. The first-order valence-electron chi connectivity index (χ1n) is 11.4. The van der Waals surface area contributed by atoms with Crippen molar-refractivity contribution >= 4 is 70.0 Å². The van der Waals surface area contributed by atoms with Gasteiger partial charge in [0.25, 0.3) is 5.91 Å². The van der Waals surface area contributed by atoms with Crippen LogP contribution in [0.4, 0.5) is 5.95 Å². The van der Waals surface area contributed by atoms with Crippen LogP contribution in [0, 0.1) is 4.64 Å². The van der Waals surface area contributed by atoms with Gasteiger partial charge in [-0.05, 0) is 11.4 Å². The Kier molecular flexibility index (Phi) is 8.87. The van der Waals surface area contributed by atoms with Crippen LogP contribution in [-0.2, 0) is 52.4 Å². The highest BCUT2D eigenvalue weighted by molar-refractivity contribution is 7.71. The number of carbonyl (C=O) groups is 1. The van der Waals surface area contributed by atoms with Crippen LogP contribution in [0.2, 0.25) is 0 Å². The summed E-state index contributed by atoms with van der Waals surface area (Å²) in [7, 11) is -16.8. The van der Waals surface area contributed by atoms with Gasteiger partial charge in [0.05, 0.1) is 19.5 Å². The first kappa shape index (κ1) is 31.5. The lowest BCUT2D eigenvalue weighted by Gasteiger charge is -2.22. The molecule has 0 bridgehead atoms. The Morgan fingerprint density at radius 1 is 1.17 bits per heavy atom. The second-order valence-electron chi connectivity index (χ2n) is 8.56. The van der Waals surface area contributed by atoms with Gasteiger partial charge >= 0.3 is 23.5 Å². The number of rotatable bonds is 11. The molecule has 0 aromatic carbocycles. The highest BCUT2D eigenvalue weighted by Gasteiger charge is 2.56. The number of nitrogen functional groups attached to an aromatic ring is 1. The number of aromatic amines is 1. The molecule has 0 saturated carbocycles. The van der Waals surface area contributed by atoms with Gasteiger partial charge in [-0.25, -0.2) is 18.7 Å². The van der Waals surface area contributed by atoms with E-state index in [1.54, 1.807) is 0 Å². The second-order valence-corrected chi connectivity index (χ2v) is 14.4. The van der Waals surface area contributed by atoms with Gasteiger partial charge in [0.15, 0.2) is 11.9 Å². The predicted octanol–water partition coefficient (Wildman–Crippen LogP) is 0.800. The SMILES string of the molecule is Nc1nc2c(ncn2C2OC(COP(=O)(O)OP(=O)(O)OP(=O)(O)O)C3O[C@@H](C(=O)NCc4cccs4)OC32)c(=S)[nH]1. The summed E-state index contributed by atoms with van der Waals surface area (Å²) < 4.78 is 66.1. The molecule has 1 amide bonds. The van der Waals surface area contributed by atoms with Crippen molar-refractivity contribution in [2.75, 3.05) is 12.3 Å². The van der Waals surface area contributed by atoms with Crippen molar-refractivity contribution < 1.29 is 65.4 Å². The fraction of sp³-hybridized carbons (Fsp3) is 0.412. The minimum atomic E-state index is -5.75. The van der Waals surface area contributed by atoms with Crippen LogP contribution >= 0.6 is 47.0 Å². The van der Waals surface area contributed by atoms with Crippen LogP contribution in [0.5, 0.6) is 0 Å². The number of H-pyrrole nitrogens is 1. The number of phosphoric ester groups is 1. The summed E-state index contributed by atoms with van der Waals surface area (Å²) in [5.74, 6) is -0.675. The molecule has 0 spiro atoms. The highest BCUT2D eigenvalue weighted by Crippen LogP contribution is 2.66. The average Bonchev–Trinajstić information content (AvgIpc) is 3.63. The van der Waals surface area contributed by atoms with Crippen molar-refractivity contribution in [3.05, 3.63) is 33.4 Å². The number of anilines is 1. The summed E-state index contributed by atoms with van der Waals surface area (Å²) in [5, 5.41) is 4.50. The van der Waals surface area contributed by atoms with E-state index in [4.69, 9.17) is 46.5 Å². The Bertz CT molecular complexity index is 1680. The van der Waals surface area contributed by atoms with E-state index in [0.29, 0.717) is 0 Å². The van der Waals surface area contributed by atoms with Crippen LogP contribution in [0.3, 0.4) is 0 Å². The van der Waals surface area contributed by atoms with Gasteiger partial charge < -0.3 is 49.8 Å². The number of nitrogens with one attached hydrogen (secondary N) is 2. The number of nitrogens with two attached hydrogens (primary N) is 1. The number of carbonyl (C=O) groups excluding carboxylic acids is 1. The minimum Gasteiger partial charge on any atom is -0.369 e. The maximum Gasteiger partial charge on any atom is 0.490 e. The molecule has 2 aliphatic rings. The number of hydrogen-bond acceptors (Lipinski definition) is 15. The molecule has 0 aliphatic carbocycles. The van der Waals surface area contributed by atoms with Gasteiger partial charge in [-0.3, -0.25) is 13.9 Å². The van der Waals surface area contributed by atoms with Gasteiger partial charge in [-0.1, -0.05) is 18.3 Å². The summed E-state index contributed by atoms with van der Waals surface area (Å²) in [6.45, 7) is -0.672. The number of imidazole rings is 1. The molecular formula is C17H21N6O14P3S2. The number of aromatic nitrogens is 4. The molecule has 5 rings (SSSR count). The lowest BCUT2D eigenvalue weighted by Crippen LogP contribution is -2.37. The van der Waals surface area contributed by atoms with E-state index in [1.165, 1.54) is 22.2 Å². The van der Waals surface area contributed by atoms with Crippen LogP contribution in [0.25, 0.3) is 11.2 Å². The third kappa shape index (κ3) is 7.21. The number of hydrogen-bond donors (Lipinski definition) is 7. The molecule has 20 nitrogen and oxygen atoms in total. The topological polar surface area (TPSA) is 289 Å². The number of nitrogens with zero attached hydrogens (tertiary/aromatic N) is 3. The number of amides is 1. The van der Waals surface area contributed by atoms with E-state index in [9.17, 15) is 28.3 Å². The van der Waals surface area contributed by atoms with Crippen molar-refractivity contribution in [1.82, 2.24) is 24.8 Å². The summed E-state index contributed by atoms with van der Waals surface area (Å²) in [5.41, 5.74) is 6.21. The van der Waals surface area contributed by atoms with Crippen molar-refractivity contribution in [3.8, 4) is 0 Å². The summed E-state index contributed by atoms with van der Waals surface area (Å²) >= 11 is 6.64. The average molecular weight is 690 g/mol. The zero-order valence-electron chi connectivity index (χ0n) is 20.6. The standard InChI is InChI=1S/C17H21N6O14P3S2/c18-17-21-12-9(14(41)22-17)20-6-23(12)15-11-10(34-16(35-11)13(24)19-4-7-2-1-3-42-7)8(33-15)5-32-39(28,29)37-40(30,31)36-38(25,26)27/h1-3,6,8,10-11,15-16H,4-5H2,(H,19,24)(H,28,29)(H,30,31)(H2,25,26,27)(H3,18,21,22,41)/t8?,10?,11?,15?,16-/m1/s1. The highest BCUT2D eigenvalue weighted by atomic mass is 32.1. The fourth-order valence-corrected chi connectivity index (χ4v) is 8.01. The van der Waals surface area contributed by atoms with Gasteiger partial charge in [-0.15, -0.1) is 11.3 Å². The summed E-state index contributed by atoms with van der Waals surface area (Å²) in [6, 6.07) is 3.62. The molecule has 230 valence electrons. The lowest BCUT2D eigenvalue weighted by atomic mass is 10.1. The van der Waals surface area contributed by atoms with E-state index in [0.717, 1.165) is 4.88 Å². The van der Waals surface area contributed by atoms with E-state index < -0.39 is 66.8 Å². The molecule has 6 unspecified atom stereocenters. The third-order valence-corrected chi connectivity index (χ3v) is 10.6. The first-order chi connectivity index (χ1) is 19.6. The van der Waals surface area contributed by atoms with Crippen LogP contribution < -0.4 is 11.1 Å². The van der Waals surface area contributed by atoms with Crippen molar-refractivity contribution in [2.45, 2.75) is 37.4 Å². The molecule has 3 aromatic heterocycles. The van der Waals surface area contributed by atoms with Gasteiger partial charge in [0.1, 0.15) is 28.5 Å². The van der Waals surface area contributed by atoms with Crippen LogP contribution in [-0.4, -0.2) is 76.2 Å². The molecule has 42 heavy (non-hydrogen) atoms. The maximum atomic E-state index is 12.8. The summed E-state index contributed by atoms with van der Waals surface area (Å²) in [6.07, 6.45) is -4.75. The zero-order valence-corrected chi connectivity index (χ0v) is 24.9. The Morgan fingerprint density at radius 3 is 2.60 bits per heavy atom. The third-order valence-electron chi connectivity index (χ3n) is 5.62. The normalized spacial score (nSPS) is 27.0. The first-order valence-corrected chi connectivity index (χ1v) is 17.2. The Morgan fingerprint density at radius 2 is 1.90 bits per heavy atom. The van der Waals surface area contributed by atoms with Gasteiger partial charge in [0, 0.05) is 4.88 Å². The van der Waals surface area contributed by atoms with E-state index in [2.05, 4.69) is 28.9 Å². The quantitative estimate of drug-likeness (QED) is 0.108. The van der Waals surface area contributed by atoms with Gasteiger partial charge in [-0.2, -0.15) is 13.6 Å². The van der Waals surface area contributed by atoms with Crippen LogP contribution in [0.15, 0.2) is 23.8 Å². The Labute approximate surface area is 243 Å². The summed E-state index contributed by atoms with van der Waals surface area (Å²) in [4.78, 5) is 61.4. The molecule has 3 aromatic rings. The van der Waals surface area contributed by atoms with E-state index in [-0.39, 0.29) is 28.3 Å². The second kappa shape index (κ2) is 11.8. The number of ether oxygens (including phenoxy) is 3. The number of phosphoric acid groups is 3. The number of thiophene rings is 1. The Balaban J connectivity index is 1.36.